The molecule has 2 aromatic heterocycles. The van der Waals surface area contributed by atoms with Crippen molar-refractivity contribution >= 4 is 22.3 Å². The summed E-state index contributed by atoms with van der Waals surface area (Å²) < 4.78 is 3.14. The average molecular weight is 424 g/mol. The predicted molar refractivity (Wildman–Crippen MR) is 123 cm³/mol. The van der Waals surface area contributed by atoms with Gasteiger partial charge in [0.15, 0.2) is 0 Å². The molecule has 1 N–H and O–H groups in total. The van der Waals surface area contributed by atoms with Gasteiger partial charge in [0.1, 0.15) is 17.9 Å². The Kier molecular flexibility index (Phi) is 6.14. The summed E-state index contributed by atoms with van der Waals surface area (Å²) in [6.07, 6.45) is 2.21. The van der Waals surface area contributed by atoms with E-state index in [1.54, 1.807) is 0 Å². The molecule has 166 valence electrons. The highest BCUT2D eigenvalue weighted by Crippen LogP contribution is 2.21. The average Bonchev–Trinajstić information content (AvgIpc) is 3.08. The summed E-state index contributed by atoms with van der Waals surface area (Å²) in [5.74, 6) is 1.99. The highest BCUT2D eigenvalue weighted by atomic mass is 16.2. The Bertz CT molecular complexity index is 1150. The molecule has 0 radical (unpaired) electrons. The molecule has 0 saturated carbocycles. The van der Waals surface area contributed by atoms with Crippen molar-refractivity contribution in [1.82, 2.24) is 24.4 Å². The predicted octanol–water partition coefficient (Wildman–Crippen LogP) is 2.75. The van der Waals surface area contributed by atoms with Crippen LogP contribution in [0.25, 0.3) is 16.4 Å². The largest absolute Gasteiger partial charge is 0.354 e. The van der Waals surface area contributed by atoms with E-state index < -0.39 is 0 Å². The number of nitrogens with one attached hydrogen (secondary N) is 1. The molecular formula is C24H33N5O2. The van der Waals surface area contributed by atoms with Crippen molar-refractivity contribution in [2.24, 2.45) is 11.8 Å². The van der Waals surface area contributed by atoms with Crippen LogP contribution in [0.1, 0.15) is 38.1 Å². The van der Waals surface area contributed by atoms with Gasteiger partial charge in [-0.05, 0) is 63.3 Å². The van der Waals surface area contributed by atoms with Crippen molar-refractivity contribution in [3.8, 4) is 0 Å². The number of carbonyl (C=O) groups excluding carboxylic acids is 1. The van der Waals surface area contributed by atoms with Crippen LogP contribution in [0.4, 0.5) is 0 Å². The summed E-state index contributed by atoms with van der Waals surface area (Å²) >= 11 is 0. The number of rotatable bonds is 6. The number of carbonyl (C=O) groups is 1. The van der Waals surface area contributed by atoms with E-state index >= 15 is 0 Å². The molecule has 3 aromatic rings. The molecule has 1 saturated heterocycles. The van der Waals surface area contributed by atoms with Gasteiger partial charge in [-0.25, -0.2) is 4.68 Å². The third-order valence-corrected chi connectivity index (χ3v) is 6.21. The van der Waals surface area contributed by atoms with Crippen LogP contribution < -0.4 is 10.9 Å². The Morgan fingerprint density at radius 3 is 2.61 bits per heavy atom. The number of aromatic nitrogens is 3. The third-order valence-electron chi connectivity index (χ3n) is 6.21. The molecule has 7 heteroatoms. The van der Waals surface area contributed by atoms with Gasteiger partial charge in [0.2, 0.25) is 5.91 Å². The molecular weight excluding hydrogens is 390 g/mol. The number of fused-ring (bicyclic) bond motifs is 3. The fraction of sp³-hybridized carbons (Fsp3) is 0.542. The first-order valence-corrected chi connectivity index (χ1v) is 11.3. The van der Waals surface area contributed by atoms with Crippen LogP contribution in [0.2, 0.25) is 0 Å². The van der Waals surface area contributed by atoms with Crippen molar-refractivity contribution in [2.45, 2.75) is 47.1 Å². The van der Waals surface area contributed by atoms with Crippen molar-refractivity contribution < 1.29 is 4.79 Å². The summed E-state index contributed by atoms with van der Waals surface area (Å²) in [7, 11) is 0. The minimum absolute atomic E-state index is 0.0610. The maximum absolute atomic E-state index is 13.0. The summed E-state index contributed by atoms with van der Waals surface area (Å²) in [4.78, 5) is 27.9. The molecule has 0 bridgehead atoms. The van der Waals surface area contributed by atoms with Gasteiger partial charge in [0.25, 0.3) is 5.56 Å². The first kappa shape index (κ1) is 21.6. The zero-order valence-electron chi connectivity index (χ0n) is 19.0. The Labute approximate surface area is 183 Å². The Balaban J connectivity index is 1.39. The highest BCUT2D eigenvalue weighted by molar-refractivity contribution is 5.87. The summed E-state index contributed by atoms with van der Waals surface area (Å²) in [6, 6.07) is 7.97. The Morgan fingerprint density at radius 1 is 1.13 bits per heavy atom. The lowest BCUT2D eigenvalue weighted by atomic mass is 9.92. The molecule has 0 spiro atoms. The number of benzene rings is 1. The van der Waals surface area contributed by atoms with E-state index in [0.717, 1.165) is 54.4 Å². The molecule has 7 nitrogen and oxygen atoms in total. The lowest BCUT2D eigenvalue weighted by molar-refractivity contribution is -0.121. The Morgan fingerprint density at radius 2 is 1.87 bits per heavy atom. The minimum atomic E-state index is -0.245. The van der Waals surface area contributed by atoms with Crippen LogP contribution >= 0.6 is 0 Å². The zero-order chi connectivity index (χ0) is 22.1. The van der Waals surface area contributed by atoms with Crippen LogP contribution in [0.3, 0.4) is 0 Å². The molecule has 0 unspecified atom stereocenters. The van der Waals surface area contributed by atoms with Crippen LogP contribution in [-0.2, 0) is 11.3 Å². The number of hydrogen-bond donors (Lipinski definition) is 1. The number of piperidine rings is 1. The first-order chi connectivity index (χ1) is 14.8. The van der Waals surface area contributed by atoms with Gasteiger partial charge in [0, 0.05) is 25.0 Å². The van der Waals surface area contributed by atoms with Crippen LogP contribution in [0.5, 0.6) is 0 Å². The molecule has 31 heavy (non-hydrogen) atoms. The van der Waals surface area contributed by atoms with E-state index in [1.807, 2.05) is 36.4 Å². The normalized spacial score (nSPS) is 19.9. The van der Waals surface area contributed by atoms with E-state index in [4.69, 9.17) is 0 Å². The maximum Gasteiger partial charge on any atom is 0.291 e. The Hall–Kier alpha value is -2.67. The molecule has 3 heterocycles. The number of aryl methyl sites for hydroxylation is 2. The van der Waals surface area contributed by atoms with Gasteiger partial charge in [0.05, 0.1) is 5.52 Å². The van der Waals surface area contributed by atoms with E-state index in [9.17, 15) is 9.59 Å². The number of hydrogen-bond acceptors (Lipinski definition) is 4. The van der Waals surface area contributed by atoms with Crippen molar-refractivity contribution in [2.75, 3.05) is 26.2 Å². The number of nitrogens with zero attached hydrogens (tertiary/aromatic N) is 4. The molecule has 2 atom stereocenters. The minimum Gasteiger partial charge on any atom is -0.354 e. The zero-order valence-corrected chi connectivity index (χ0v) is 19.0. The topological polar surface area (TPSA) is 71.6 Å². The number of likely N-dealkylation sites (tertiary alicyclic amines) is 1. The maximum atomic E-state index is 13.0. The second-order valence-electron chi connectivity index (χ2n) is 9.35. The fourth-order valence-corrected chi connectivity index (χ4v) is 5.04. The van der Waals surface area contributed by atoms with Crippen molar-refractivity contribution in [1.29, 1.82) is 0 Å². The van der Waals surface area contributed by atoms with Gasteiger partial charge in [-0.15, -0.1) is 0 Å². The first-order valence-electron chi connectivity index (χ1n) is 11.3. The SMILES string of the molecule is Cc1ccc2c(c1)cc1c(=O)n(CC(=O)NCCCN3C[C@H](C)C[C@H](C)C3)nc(C)n12. The van der Waals surface area contributed by atoms with Crippen LogP contribution in [-0.4, -0.2) is 51.2 Å². The summed E-state index contributed by atoms with van der Waals surface area (Å²) in [5.41, 5.74) is 2.41. The quantitative estimate of drug-likeness (QED) is 0.619. The fourth-order valence-electron chi connectivity index (χ4n) is 5.04. The standard InChI is InChI=1S/C24H33N5O2/c1-16-6-7-21-20(11-16)12-22-24(31)28(26-19(4)29(21)22)15-23(30)25-8-5-9-27-13-17(2)10-18(3)14-27/h6-7,11-12,17-18H,5,8-10,13-15H2,1-4H3,(H,25,30)/t17-,18+. The van der Waals surface area contributed by atoms with E-state index in [-0.39, 0.29) is 18.0 Å². The lowest BCUT2D eigenvalue weighted by Crippen LogP contribution is -2.40. The second-order valence-corrected chi connectivity index (χ2v) is 9.35. The smallest absolute Gasteiger partial charge is 0.291 e. The monoisotopic (exact) mass is 423 g/mol. The summed E-state index contributed by atoms with van der Waals surface area (Å²) in [5, 5.41) is 8.36. The van der Waals surface area contributed by atoms with E-state index in [2.05, 4.69) is 35.2 Å². The third kappa shape index (κ3) is 4.66. The van der Waals surface area contributed by atoms with Gasteiger partial charge in [-0.2, -0.15) is 5.10 Å². The molecule has 1 aromatic carbocycles. The summed E-state index contributed by atoms with van der Waals surface area (Å²) in [6.45, 7) is 12.3. The molecule has 1 fully saturated rings. The van der Waals surface area contributed by atoms with Gasteiger partial charge >= 0.3 is 0 Å². The molecule has 1 amide bonds. The lowest BCUT2D eigenvalue weighted by Gasteiger charge is -2.34. The van der Waals surface area contributed by atoms with Gasteiger partial charge in [-0.3, -0.25) is 14.0 Å². The second kappa shape index (κ2) is 8.83. The van der Waals surface area contributed by atoms with Crippen molar-refractivity contribution in [3.63, 3.8) is 0 Å². The van der Waals surface area contributed by atoms with Crippen molar-refractivity contribution in [3.05, 3.63) is 46.0 Å². The molecule has 1 aliphatic heterocycles. The number of amides is 1. The van der Waals surface area contributed by atoms with Crippen LogP contribution in [0.15, 0.2) is 29.1 Å². The van der Waals surface area contributed by atoms with E-state index in [0.29, 0.717) is 17.9 Å². The molecule has 1 aliphatic rings. The highest BCUT2D eigenvalue weighted by Gasteiger charge is 2.21. The van der Waals surface area contributed by atoms with E-state index in [1.165, 1.54) is 11.1 Å². The molecule has 0 aliphatic carbocycles. The van der Waals surface area contributed by atoms with Crippen LogP contribution in [0, 0.1) is 25.7 Å². The van der Waals surface area contributed by atoms with Gasteiger partial charge in [-0.1, -0.05) is 25.5 Å². The van der Waals surface area contributed by atoms with Gasteiger partial charge < -0.3 is 10.2 Å². The molecule has 4 rings (SSSR count).